The molecule has 0 bridgehead atoms. The van der Waals surface area contributed by atoms with Gasteiger partial charge in [-0.1, -0.05) is 18.2 Å². The summed E-state index contributed by atoms with van der Waals surface area (Å²) >= 11 is -1.18. The molecule has 29 heavy (non-hydrogen) atoms. The molecule has 8 nitrogen and oxygen atoms in total. The van der Waals surface area contributed by atoms with Gasteiger partial charge in [-0.3, -0.25) is 14.6 Å². The number of aromatic nitrogens is 4. The van der Waals surface area contributed by atoms with E-state index in [0.717, 1.165) is 5.56 Å². The molecule has 0 saturated heterocycles. The van der Waals surface area contributed by atoms with Crippen molar-refractivity contribution in [3.05, 3.63) is 64.6 Å². The number of nitrogens with one attached hydrogen (secondary N) is 3. The highest BCUT2D eigenvalue weighted by molar-refractivity contribution is 7.90. The molecule has 3 aromatic heterocycles. The highest BCUT2D eigenvalue weighted by atomic mass is 32.2. The van der Waals surface area contributed by atoms with Gasteiger partial charge in [-0.2, -0.15) is 0 Å². The maximum absolute atomic E-state index is 12.6. The van der Waals surface area contributed by atoms with Gasteiger partial charge < -0.3 is 15.2 Å². The summed E-state index contributed by atoms with van der Waals surface area (Å²) in [5.41, 5.74) is 2.52. The molecular formula is C20H20N6O2S. The van der Waals surface area contributed by atoms with Gasteiger partial charge in [0.05, 0.1) is 11.4 Å². The lowest BCUT2D eigenvalue weighted by molar-refractivity contribution is 0.601. The van der Waals surface area contributed by atoms with Gasteiger partial charge in [-0.05, 0) is 41.9 Å². The van der Waals surface area contributed by atoms with Crippen LogP contribution in [-0.4, -0.2) is 30.6 Å². The molecule has 0 saturated carbocycles. The summed E-state index contributed by atoms with van der Waals surface area (Å²) in [7, 11) is 1.64. The molecular weight excluding hydrogens is 388 g/mol. The topological polar surface area (TPSA) is 111 Å². The van der Waals surface area contributed by atoms with Gasteiger partial charge >= 0.3 is 0 Å². The van der Waals surface area contributed by atoms with Crippen LogP contribution in [0.3, 0.4) is 0 Å². The Kier molecular flexibility index (Phi) is 4.99. The number of fused-ring (bicyclic) bond motifs is 1. The van der Waals surface area contributed by atoms with E-state index in [1.807, 2.05) is 37.3 Å². The van der Waals surface area contributed by atoms with Gasteiger partial charge in [-0.25, -0.2) is 9.97 Å². The van der Waals surface area contributed by atoms with E-state index in [2.05, 4.69) is 25.7 Å². The van der Waals surface area contributed by atoms with E-state index in [9.17, 15) is 9.35 Å². The van der Waals surface area contributed by atoms with Crippen LogP contribution in [0, 0.1) is 6.92 Å². The smallest absolute Gasteiger partial charge is 0.277 e. The van der Waals surface area contributed by atoms with E-state index in [4.69, 9.17) is 0 Å². The predicted molar refractivity (Wildman–Crippen MR) is 116 cm³/mol. The maximum atomic E-state index is 12.6. The second-order valence-electron chi connectivity index (χ2n) is 6.68. The normalized spacial score (nSPS) is 12.1. The fourth-order valence-electron chi connectivity index (χ4n) is 3.02. The van der Waals surface area contributed by atoms with Crippen molar-refractivity contribution in [1.82, 2.24) is 19.7 Å². The van der Waals surface area contributed by atoms with Crippen molar-refractivity contribution in [2.45, 2.75) is 11.8 Å². The van der Waals surface area contributed by atoms with E-state index in [0.29, 0.717) is 38.9 Å². The minimum absolute atomic E-state index is 0.204. The SMILES string of the molecule is Cc1ccc(Nc2cc(Nc3ccccc3[S+](C)[O-])c3c(=O)n(C)[nH]c3n2)nc1. The Hall–Kier alpha value is -3.30. The molecule has 1 aromatic carbocycles. The Bertz CT molecular complexity index is 1230. The first-order valence-electron chi connectivity index (χ1n) is 8.91. The van der Waals surface area contributed by atoms with E-state index >= 15 is 0 Å². The largest absolute Gasteiger partial charge is 0.612 e. The number of anilines is 4. The van der Waals surface area contributed by atoms with Crippen LogP contribution in [0.25, 0.3) is 11.0 Å². The van der Waals surface area contributed by atoms with Gasteiger partial charge in [-0.15, -0.1) is 0 Å². The lowest BCUT2D eigenvalue weighted by Gasteiger charge is -2.13. The molecule has 0 fully saturated rings. The zero-order valence-corrected chi connectivity index (χ0v) is 17.0. The van der Waals surface area contributed by atoms with E-state index in [1.54, 1.807) is 31.6 Å². The molecule has 0 aliphatic heterocycles. The Morgan fingerprint density at radius 1 is 1.10 bits per heavy atom. The van der Waals surface area contributed by atoms with Crippen LogP contribution in [0.1, 0.15) is 5.56 Å². The fraction of sp³-hybridized carbons (Fsp3) is 0.150. The van der Waals surface area contributed by atoms with Crippen LogP contribution in [0.4, 0.5) is 23.0 Å². The summed E-state index contributed by atoms with van der Waals surface area (Å²) < 4.78 is 13.5. The minimum Gasteiger partial charge on any atom is -0.612 e. The first-order chi connectivity index (χ1) is 13.9. The van der Waals surface area contributed by atoms with Crippen molar-refractivity contribution in [2.75, 3.05) is 16.9 Å². The predicted octanol–water partition coefficient (Wildman–Crippen LogP) is 3.19. The molecule has 0 aliphatic carbocycles. The number of aromatic amines is 1. The van der Waals surface area contributed by atoms with Crippen molar-refractivity contribution in [3.8, 4) is 0 Å². The molecule has 0 aliphatic rings. The van der Waals surface area contributed by atoms with Crippen LogP contribution >= 0.6 is 0 Å². The molecule has 148 valence electrons. The maximum Gasteiger partial charge on any atom is 0.277 e. The molecule has 0 amide bonds. The Morgan fingerprint density at radius 3 is 2.62 bits per heavy atom. The molecule has 3 N–H and O–H groups in total. The number of H-pyrrole nitrogens is 1. The monoisotopic (exact) mass is 408 g/mol. The first kappa shape index (κ1) is 19.0. The molecule has 1 unspecified atom stereocenters. The Balaban J connectivity index is 1.81. The molecule has 9 heteroatoms. The van der Waals surface area contributed by atoms with E-state index in [-0.39, 0.29) is 5.56 Å². The zero-order valence-electron chi connectivity index (χ0n) is 16.2. The number of pyridine rings is 2. The third kappa shape index (κ3) is 3.82. The highest BCUT2D eigenvalue weighted by Gasteiger charge is 2.17. The van der Waals surface area contributed by atoms with Crippen molar-refractivity contribution >= 4 is 45.2 Å². The summed E-state index contributed by atoms with van der Waals surface area (Å²) in [5.74, 6) is 1.16. The van der Waals surface area contributed by atoms with Gasteiger partial charge in [0.1, 0.15) is 23.3 Å². The van der Waals surface area contributed by atoms with Crippen molar-refractivity contribution in [2.24, 2.45) is 7.05 Å². The molecule has 4 rings (SSSR count). The molecule has 4 aromatic rings. The number of hydrogen-bond acceptors (Lipinski definition) is 6. The van der Waals surface area contributed by atoms with Crippen LogP contribution in [0.2, 0.25) is 0 Å². The number of benzene rings is 1. The average Bonchev–Trinajstić information content (AvgIpc) is 2.98. The Labute approximate surface area is 170 Å². The second kappa shape index (κ2) is 7.61. The molecule has 1 atom stereocenters. The number of nitrogens with zero attached hydrogens (tertiary/aromatic N) is 3. The van der Waals surface area contributed by atoms with Gasteiger partial charge in [0, 0.05) is 19.3 Å². The van der Waals surface area contributed by atoms with E-state index < -0.39 is 11.2 Å². The van der Waals surface area contributed by atoms with Gasteiger partial charge in [0.25, 0.3) is 5.56 Å². The van der Waals surface area contributed by atoms with Crippen LogP contribution < -0.4 is 16.2 Å². The Morgan fingerprint density at radius 2 is 1.90 bits per heavy atom. The summed E-state index contributed by atoms with van der Waals surface area (Å²) in [6, 6.07) is 12.9. The van der Waals surface area contributed by atoms with Crippen LogP contribution in [0.15, 0.2) is 58.4 Å². The fourth-order valence-corrected chi connectivity index (χ4v) is 3.72. The summed E-state index contributed by atoms with van der Waals surface area (Å²) in [5, 5.41) is 9.80. The summed E-state index contributed by atoms with van der Waals surface area (Å²) in [4.78, 5) is 22.1. The van der Waals surface area contributed by atoms with Gasteiger partial charge in [0.2, 0.25) is 0 Å². The van der Waals surface area contributed by atoms with Crippen LogP contribution in [0.5, 0.6) is 0 Å². The third-order valence-corrected chi connectivity index (χ3v) is 5.42. The number of aryl methyl sites for hydroxylation is 2. The van der Waals surface area contributed by atoms with E-state index in [1.165, 1.54) is 4.68 Å². The lowest BCUT2D eigenvalue weighted by atomic mass is 10.2. The van der Waals surface area contributed by atoms with Crippen molar-refractivity contribution in [1.29, 1.82) is 0 Å². The van der Waals surface area contributed by atoms with Crippen molar-refractivity contribution < 1.29 is 4.55 Å². The summed E-state index contributed by atoms with van der Waals surface area (Å²) in [6.45, 7) is 1.97. The minimum atomic E-state index is -1.18. The number of para-hydroxylation sites is 1. The molecule has 0 radical (unpaired) electrons. The standard InChI is InChI=1S/C20H20N6O2S/c1-12-8-9-16(21-11-12)23-17-10-14(18-19(24-17)25-26(2)20(18)27)22-13-6-4-5-7-15(13)29(3)28/h4-11H,1-3H3,(H3,21,22,23,24,25). The summed E-state index contributed by atoms with van der Waals surface area (Å²) in [6.07, 6.45) is 3.38. The number of rotatable bonds is 5. The average molecular weight is 408 g/mol. The molecule has 3 heterocycles. The lowest BCUT2D eigenvalue weighted by Crippen LogP contribution is -2.12. The quantitative estimate of drug-likeness (QED) is 0.438. The van der Waals surface area contributed by atoms with Crippen molar-refractivity contribution in [3.63, 3.8) is 0 Å². The first-order valence-corrected chi connectivity index (χ1v) is 10.5. The van der Waals surface area contributed by atoms with Gasteiger partial charge in [0.15, 0.2) is 10.5 Å². The third-order valence-electron chi connectivity index (χ3n) is 4.45. The number of hydrogen-bond donors (Lipinski definition) is 3. The van der Waals surface area contributed by atoms with Crippen LogP contribution in [-0.2, 0) is 18.2 Å². The zero-order chi connectivity index (χ0) is 20.5. The second-order valence-corrected chi connectivity index (χ2v) is 8.02. The highest BCUT2D eigenvalue weighted by Crippen LogP contribution is 2.30. The molecule has 0 spiro atoms.